The maximum atomic E-state index is 13.9. The number of nitrogens with zero attached hydrogens (tertiary/aromatic N) is 5. The molecule has 2 aliphatic heterocycles. The average Bonchev–Trinajstić information content (AvgIpc) is 3.51. The lowest BCUT2D eigenvalue weighted by molar-refractivity contribution is -0.121. The number of methoxy groups -OCH3 is 1. The second kappa shape index (κ2) is 11.7. The monoisotopic (exact) mass is 577 g/mol. The summed E-state index contributed by atoms with van der Waals surface area (Å²) in [4.78, 5) is 62.4. The van der Waals surface area contributed by atoms with Gasteiger partial charge in [-0.05, 0) is 45.2 Å². The molecule has 2 amide bonds. The number of ether oxygens (including phenoxy) is 3. The van der Waals surface area contributed by atoms with Gasteiger partial charge >= 0.3 is 17.6 Å². The van der Waals surface area contributed by atoms with Gasteiger partial charge in [0.25, 0.3) is 0 Å². The molecular weight excluding hydrogens is 542 g/mol. The Balaban J connectivity index is 1.59. The van der Waals surface area contributed by atoms with Gasteiger partial charge < -0.3 is 24.0 Å². The van der Waals surface area contributed by atoms with Gasteiger partial charge in [-0.2, -0.15) is 0 Å². The van der Waals surface area contributed by atoms with Gasteiger partial charge in [0.1, 0.15) is 18.8 Å². The maximum absolute atomic E-state index is 13.9. The van der Waals surface area contributed by atoms with Crippen molar-refractivity contribution in [3.63, 3.8) is 0 Å². The Bertz CT molecular complexity index is 1560. The number of amides is 2. The van der Waals surface area contributed by atoms with Crippen molar-refractivity contribution in [2.75, 3.05) is 49.6 Å². The Morgan fingerprint density at radius 3 is 2.36 bits per heavy atom. The lowest BCUT2D eigenvalue weighted by atomic mass is 10.2. The highest BCUT2D eigenvalue weighted by molar-refractivity contribution is 6.01. The average molecular weight is 578 g/mol. The summed E-state index contributed by atoms with van der Waals surface area (Å²) in [6, 6.07) is 11.1. The van der Waals surface area contributed by atoms with Crippen LogP contribution in [0.2, 0.25) is 0 Å². The molecule has 12 nitrogen and oxygen atoms in total. The minimum atomic E-state index is -0.840. The van der Waals surface area contributed by atoms with Crippen LogP contribution in [-0.4, -0.2) is 77.7 Å². The molecule has 0 saturated carbocycles. The molecule has 0 N–H and O–H groups in total. The number of anilines is 2. The van der Waals surface area contributed by atoms with E-state index in [9.17, 15) is 19.2 Å². The third-order valence-electron chi connectivity index (χ3n) is 7.09. The first-order chi connectivity index (χ1) is 20.1. The van der Waals surface area contributed by atoms with E-state index in [0.717, 1.165) is 37.2 Å². The second-order valence-corrected chi connectivity index (χ2v) is 11.3. The van der Waals surface area contributed by atoms with E-state index in [-0.39, 0.29) is 49.2 Å². The number of fused-ring (bicyclic) bond motifs is 1. The van der Waals surface area contributed by atoms with Crippen molar-refractivity contribution in [1.82, 2.24) is 14.3 Å². The molecule has 0 atom stereocenters. The molecule has 12 heteroatoms. The van der Waals surface area contributed by atoms with E-state index in [4.69, 9.17) is 14.2 Å². The molecule has 0 bridgehead atoms. The first-order valence-corrected chi connectivity index (χ1v) is 13.9. The standard InChI is InChI=1S/C30H35N5O7/c1-30(2,3)42-29(39)33-14-15-34(23(36)18-33)22-16-21(32-12-8-9-13-32)17-35-26(22)31-24(28(38)40-4)25(27(35)37)41-19-20-10-6-5-7-11-20/h5-7,10-11,16-17H,8-9,12-15,18-19H2,1-4H3. The molecule has 2 aliphatic rings. The Kier molecular flexibility index (Phi) is 8.06. The number of piperazine rings is 1. The van der Waals surface area contributed by atoms with Crippen molar-refractivity contribution in [2.45, 2.75) is 45.8 Å². The van der Waals surface area contributed by atoms with Gasteiger partial charge in [0.05, 0.1) is 18.5 Å². The zero-order chi connectivity index (χ0) is 30.0. The van der Waals surface area contributed by atoms with E-state index >= 15 is 0 Å². The molecule has 222 valence electrons. The quantitative estimate of drug-likeness (QED) is 0.406. The SMILES string of the molecule is COC(=O)c1nc2c(N3CCN(C(=O)OC(C)(C)C)CC3=O)cc(N3CCCC3)cn2c(=O)c1OCc1ccccc1. The van der Waals surface area contributed by atoms with Gasteiger partial charge in [-0.15, -0.1) is 0 Å². The molecule has 0 unspecified atom stereocenters. The fourth-order valence-electron chi connectivity index (χ4n) is 5.04. The van der Waals surface area contributed by atoms with Gasteiger partial charge in [0, 0.05) is 32.4 Å². The van der Waals surface area contributed by atoms with Crippen LogP contribution in [0.25, 0.3) is 5.65 Å². The molecule has 5 rings (SSSR count). The highest BCUT2D eigenvalue weighted by Crippen LogP contribution is 2.31. The van der Waals surface area contributed by atoms with Crippen molar-refractivity contribution in [2.24, 2.45) is 0 Å². The van der Waals surface area contributed by atoms with E-state index in [0.29, 0.717) is 5.69 Å². The fourth-order valence-corrected chi connectivity index (χ4v) is 5.04. The van der Waals surface area contributed by atoms with Crippen LogP contribution in [0.5, 0.6) is 5.75 Å². The van der Waals surface area contributed by atoms with Crippen molar-refractivity contribution in [3.8, 4) is 5.75 Å². The number of rotatable bonds is 6. The van der Waals surface area contributed by atoms with E-state index in [2.05, 4.69) is 9.88 Å². The molecule has 1 aromatic carbocycles. The first-order valence-electron chi connectivity index (χ1n) is 13.9. The zero-order valence-corrected chi connectivity index (χ0v) is 24.3. The Morgan fingerprint density at radius 2 is 1.71 bits per heavy atom. The third-order valence-corrected chi connectivity index (χ3v) is 7.09. The number of hydrogen-bond donors (Lipinski definition) is 0. The van der Waals surface area contributed by atoms with Gasteiger partial charge in [-0.3, -0.25) is 18.9 Å². The summed E-state index contributed by atoms with van der Waals surface area (Å²) < 4.78 is 17.6. The van der Waals surface area contributed by atoms with Crippen LogP contribution in [-0.2, 0) is 20.9 Å². The highest BCUT2D eigenvalue weighted by atomic mass is 16.6. The predicted molar refractivity (Wildman–Crippen MR) is 155 cm³/mol. The van der Waals surface area contributed by atoms with Crippen molar-refractivity contribution >= 4 is 35.0 Å². The summed E-state index contributed by atoms with van der Waals surface area (Å²) in [5.41, 5.74) is 0.415. The molecule has 0 aliphatic carbocycles. The van der Waals surface area contributed by atoms with Crippen molar-refractivity contribution in [3.05, 3.63) is 64.2 Å². The van der Waals surface area contributed by atoms with Crippen LogP contribution in [0.4, 0.5) is 16.2 Å². The largest absolute Gasteiger partial charge is 0.481 e. The summed E-state index contributed by atoms with van der Waals surface area (Å²) >= 11 is 0. The smallest absolute Gasteiger partial charge is 0.410 e. The molecular formula is C30H35N5O7. The lowest BCUT2D eigenvalue weighted by Gasteiger charge is -2.35. The number of carbonyl (C=O) groups is 3. The van der Waals surface area contributed by atoms with Crippen molar-refractivity contribution in [1.29, 1.82) is 0 Å². The van der Waals surface area contributed by atoms with E-state index in [1.54, 1.807) is 33.0 Å². The topological polar surface area (TPSA) is 123 Å². The number of pyridine rings is 1. The minimum Gasteiger partial charge on any atom is -0.481 e. The number of benzene rings is 1. The fraction of sp³-hybridized carbons (Fsp3) is 0.433. The van der Waals surface area contributed by atoms with Crippen LogP contribution >= 0.6 is 0 Å². The van der Waals surface area contributed by atoms with Gasteiger partial charge in [0.15, 0.2) is 11.3 Å². The molecule has 2 fully saturated rings. The number of carbonyl (C=O) groups excluding carboxylic acids is 3. The normalized spacial score (nSPS) is 15.7. The lowest BCUT2D eigenvalue weighted by Crippen LogP contribution is -2.53. The summed E-state index contributed by atoms with van der Waals surface area (Å²) in [7, 11) is 1.20. The van der Waals surface area contributed by atoms with E-state index in [1.807, 2.05) is 30.3 Å². The van der Waals surface area contributed by atoms with E-state index in [1.165, 1.54) is 21.3 Å². The molecule has 42 heavy (non-hydrogen) atoms. The summed E-state index contributed by atoms with van der Waals surface area (Å²) in [5, 5.41) is 0. The Labute approximate surface area is 243 Å². The third kappa shape index (κ3) is 6.02. The number of esters is 1. The van der Waals surface area contributed by atoms with Crippen molar-refractivity contribution < 1.29 is 28.6 Å². The first kappa shape index (κ1) is 28.9. The molecule has 4 heterocycles. The number of hydrogen-bond acceptors (Lipinski definition) is 9. The second-order valence-electron chi connectivity index (χ2n) is 11.3. The van der Waals surface area contributed by atoms with Crippen LogP contribution in [0.15, 0.2) is 47.4 Å². The van der Waals surface area contributed by atoms with Gasteiger partial charge in [0.2, 0.25) is 11.7 Å². The Morgan fingerprint density at radius 1 is 1.00 bits per heavy atom. The molecule has 2 saturated heterocycles. The van der Waals surface area contributed by atoms with Crippen LogP contribution in [0.3, 0.4) is 0 Å². The van der Waals surface area contributed by atoms with E-state index < -0.39 is 23.2 Å². The van der Waals surface area contributed by atoms with Gasteiger partial charge in [-0.1, -0.05) is 30.3 Å². The summed E-state index contributed by atoms with van der Waals surface area (Å²) in [5.74, 6) is -1.45. The summed E-state index contributed by atoms with van der Waals surface area (Å²) in [6.07, 6.45) is 3.09. The minimum absolute atomic E-state index is 0.0393. The molecule has 0 spiro atoms. The highest BCUT2D eigenvalue weighted by Gasteiger charge is 2.33. The maximum Gasteiger partial charge on any atom is 0.410 e. The zero-order valence-electron chi connectivity index (χ0n) is 24.3. The molecule has 3 aromatic rings. The van der Waals surface area contributed by atoms with Crippen LogP contribution < -0.4 is 20.1 Å². The number of aromatic nitrogens is 2. The predicted octanol–water partition coefficient (Wildman–Crippen LogP) is 3.24. The van der Waals surface area contributed by atoms with Crippen LogP contribution in [0, 0.1) is 0 Å². The van der Waals surface area contributed by atoms with Gasteiger partial charge in [-0.25, -0.2) is 14.6 Å². The Hall–Kier alpha value is -4.61. The molecule has 0 radical (unpaired) electrons. The van der Waals surface area contributed by atoms with Crippen LogP contribution in [0.1, 0.15) is 49.7 Å². The summed E-state index contributed by atoms with van der Waals surface area (Å²) in [6.45, 7) is 7.08. The molecule has 2 aromatic heterocycles.